The first-order valence-corrected chi connectivity index (χ1v) is 8.79. The van der Waals surface area contributed by atoms with E-state index in [9.17, 15) is 9.59 Å². The van der Waals surface area contributed by atoms with Crippen LogP contribution in [-0.2, 0) is 9.59 Å². The van der Waals surface area contributed by atoms with Crippen molar-refractivity contribution in [1.29, 1.82) is 0 Å². The van der Waals surface area contributed by atoms with Crippen LogP contribution in [0.3, 0.4) is 0 Å². The first-order chi connectivity index (χ1) is 10.7. The highest BCUT2D eigenvalue weighted by Crippen LogP contribution is 2.20. The fourth-order valence-electron chi connectivity index (χ4n) is 3.25. The summed E-state index contributed by atoms with van der Waals surface area (Å²) in [5, 5.41) is 0. The first-order valence-electron chi connectivity index (χ1n) is 8.79. The van der Waals surface area contributed by atoms with E-state index in [0.29, 0.717) is 13.1 Å². The van der Waals surface area contributed by atoms with Gasteiger partial charge in [0.1, 0.15) is 0 Å². The number of nitrogens with zero attached hydrogens (tertiary/aromatic N) is 3. The Balaban J connectivity index is 0.00000288. The molecule has 0 bridgehead atoms. The summed E-state index contributed by atoms with van der Waals surface area (Å²) in [6, 6.07) is -0.570. The van der Waals surface area contributed by atoms with Crippen LogP contribution in [0.4, 0.5) is 0 Å². The molecule has 0 aromatic carbocycles. The Morgan fingerprint density at radius 1 is 0.840 bits per heavy atom. The Kier molecular flexibility index (Phi) is 9.73. The fraction of sp³-hybridized carbons (Fsp3) is 0.882. The number of hydrogen-bond donors (Lipinski definition) is 1. The van der Waals surface area contributed by atoms with E-state index in [-0.39, 0.29) is 48.1 Å². The van der Waals surface area contributed by atoms with Crippen LogP contribution in [0, 0.1) is 5.41 Å². The quantitative estimate of drug-likeness (QED) is 0.781. The van der Waals surface area contributed by atoms with Gasteiger partial charge in [-0.1, -0.05) is 20.8 Å². The molecule has 6 nitrogen and oxygen atoms in total. The molecule has 8 heteroatoms. The molecule has 2 N–H and O–H groups in total. The molecule has 0 aromatic rings. The van der Waals surface area contributed by atoms with Gasteiger partial charge in [-0.05, 0) is 25.2 Å². The molecule has 2 aliphatic heterocycles. The average molecular weight is 397 g/mol. The topological polar surface area (TPSA) is 69.9 Å². The molecule has 2 aliphatic rings. The second kappa shape index (κ2) is 9.95. The molecule has 25 heavy (non-hydrogen) atoms. The van der Waals surface area contributed by atoms with Crippen molar-refractivity contribution in [2.75, 3.05) is 39.3 Å². The fourth-order valence-corrected chi connectivity index (χ4v) is 3.25. The third-order valence-corrected chi connectivity index (χ3v) is 5.15. The SMILES string of the molecule is CC(C(=O)N1CCCC1)N1CCN(C(=O)[C@@H](N)C(C)(C)C)CC1.Cl.Cl. The van der Waals surface area contributed by atoms with Gasteiger partial charge >= 0.3 is 0 Å². The lowest BCUT2D eigenvalue weighted by Crippen LogP contribution is -2.59. The van der Waals surface area contributed by atoms with Crippen molar-refractivity contribution >= 4 is 36.6 Å². The van der Waals surface area contributed by atoms with Crippen LogP contribution >= 0.6 is 24.8 Å². The van der Waals surface area contributed by atoms with E-state index >= 15 is 0 Å². The molecule has 1 unspecified atom stereocenters. The van der Waals surface area contributed by atoms with E-state index in [1.165, 1.54) is 0 Å². The predicted octanol–water partition coefficient (Wildman–Crippen LogP) is 1.36. The molecule has 0 saturated carbocycles. The third kappa shape index (κ3) is 5.98. The lowest BCUT2D eigenvalue weighted by Gasteiger charge is -2.40. The van der Waals surface area contributed by atoms with Crippen LogP contribution in [-0.4, -0.2) is 77.9 Å². The summed E-state index contributed by atoms with van der Waals surface area (Å²) in [6.07, 6.45) is 2.23. The summed E-state index contributed by atoms with van der Waals surface area (Å²) in [4.78, 5) is 31.0. The number of carbonyl (C=O) groups excluding carboxylic acids is 2. The van der Waals surface area contributed by atoms with Gasteiger partial charge in [-0.15, -0.1) is 24.8 Å². The van der Waals surface area contributed by atoms with Gasteiger partial charge in [-0.2, -0.15) is 0 Å². The van der Waals surface area contributed by atoms with Crippen LogP contribution in [0.5, 0.6) is 0 Å². The Bertz CT molecular complexity index is 442. The minimum absolute atomic E-state index is 0. The highest BCUT2D eigenvalue weighted by molar-refractivity contribution is 5.85. The normalized spacial score (nSPS) is 21.2. The molecule has 0 spiro atoms. The van der Waals surface area contributed by atoms with Crippen LogP contribution in [0.15, 0.2) is 0 Å². The van der Waals surface area contributed by atoms with Gasteiger partial charge in [0, 0.05) is 39.3 Å². The van der Waals surface area contributed by atoms with Crippen LogP contribution in [0.2, 0.25) is 0 Å². The maximum atomic E-state index is 12.5. The maximum absolute atomic E-state index is 12.5. The van der Waals surface area contributed by atoms with E-state index < -0.39 is 6.04 Å². The molecular weight excluding hydrogens is 363 g/mol. The number of rotatable bonds is 3. The van der Waals surface area contributed by atoms with E-state index in [4.69, 9.17) is 5.73 Å². The molecule has 2 fully saturated rings. The van der Waals surface area contributed by atoms with E-state index in [0.717, 1.165) is 39.0 Å². The van der Waals surface area contributed by atoms with Crippen LogP contribution in [0.25, 0.3) is 0 Å². The number of amides is 2. The number of carbonyl (C=O) groups is 2. The van der Waals surface area contributed by atoms with Gasteiger partial charge < -0.3 is 15.5 Å². The maximum Gasteiger partial charge on any atom is 0.240 e. The van der Waals surface area contributed by atoms with Gasteiger partial charge in [0.05, 0.1) is 12.1 Å². The molecule has 0 radical (unpaired) electrons. The number of halogens is 2. The van der Waals surface area contributed by atoms with Crippen LogP contribution < -0.4 is 5.73 Å². The molecule has 2 saturated heterocycles. The highest BCUT2D eigenvalue weighted by atomic mass is 35.5. The van der Waals surface area contributed by atoms with Gasteiger partial charge in [0.2, 0.25) is 11.8 Å². The summed E-state index contributed by atoms with van der Waals surface area (Å²) in [5.41, 5.74) is 5.86. The predicted molar refractivity (Wildman–Crippen MR) is 105 cm³/mol. The number of piperazine rings is 1. The minimum Gasteiger partial charge on any atom is -0.341 e. The van der Waals surface area contributed by atoms with E-state index in [1.807, 2.05) is 37.5 Å². The standard InChI is InChI=1S/C17H32N4O2.2ClH/c1-13(15(22)20-7-5-6-8-20)19-9-11-21(12-10-19)16(23)14(18)17(2,3)4;;/h13-14H,5-12,18H2,1-4H3;2*1H/t13?,14-;;/m1../s1. The Labute approximate surface area is 164 Å². The Morgan fingerprint density at radius 2 is 1.28 bits per heavy atom. The summed E-state index contributed by atoms with van der Waals surface area (Å²) >= 11 is 0. The van der Waals surface area contributed by atoms with Crippen molar-refractivity contribution < 1.29 is 9.59 Å². The van der Waals surface area contributed by atoms with Gasteiger partial charge in [0.25, 0.3) is 0 Å². The third-order valence-electron chi connectivity index (χ3n) is 5.15. The van der Waals surface area contributed by atoms with Crippen molar-refractivity contribution in [3.05, 3.63) is 0 Å². The summed E-state index contributed by atoms with van der Waals surface area (Å²) in [6.45, 7) is 12.5. The van der Waals surface area contributed by atoms with Crippen molar-refractivity contribution in [2.45, 2.75) is 52.6 Å². The molecule has 2 heterocycles. The zero-order chi connectivity index (χ0) is 17.2. The lowest BCUT2D eigenvalue weighted by atomic mass is 9.86. The van der Waals surface area contributed by atoms with Crippen LogP contribution in [0.1, 0.15) is 40.5 Å². The van der Waals surface area contributed by atoms with E-state index in [1.54, 1.807) is 0 Å². The number of likely N-dealkylation sites (tertiary alicyclic amines) is 1. The minimum atomic E-state index is -0.474. The van der Waals surface area contributed by atoms with Crippen molar-refractivity contribution in [3.63, 3.8) is 0 Å². The van der Waals surface area contributed by atoms with Gasteiger partial charge in [0.15, 0.2) is 0 Å². The second-order valence-electron chi connectivity index (χ2n) is 7.91. The molecule has 2 rings (SSSR count). The van der Waals surface area contributed by atoms with E-state index in [2.05, 4.69) is 4.90 Å². The van der Waals surface area contributed by atoms with Crippen molar-refractivity contribution in [1.82, 2.24) is 14.7 Å². The zero-order valence-electron chi connectivity index (χ0n) is 15.9. The first kappa shape index (κ1) is 24.4. The summed E-state index contributed by atoms with van der Waals surface area (Å²) in [7, 11) is 0. The second-order valence-corrected chi connectivity index (χ2v) is 7.91. The average Bonchev–Trinajstić information content (AvgIpc) is 3.05. The molecule has 2 amide bonds. The van der Waals surface area contributed by atoms with Gasteiger partial charge in [-0.25, -0.2) is 0 Å². The number of nitrogens with two attached hydrogens (primary N) is 1. The monoisotopic (exact) mass is 396 g/mol. The zero-order valence-corrected chi connectivity index (χ0v) is 17.5. The largest absolute Gasteiger partial charge is 0.341 e. The Morgan fingerprint density at radius 3 is 1.72 bits per heavy atom. The summed E-state index contributed by atoms with van der Waals surface area (Å²) < 4.78 is 0. The number of hydrogen-bond acceptors (Lipinski definition) is 4. The molecule has 148 valence electrons. The molecular formula is C17H34Cl2N4O2. The van der Waals surface area contributed by atoms with Crippen molar-refractivity contribution in [3.8, 4) is 0 Å². The summed E-state index contributed by atoms with van der Waals surface area (Å²) in [5.74, 6) is 0.254. The molecule has 0 aliphatic carbocycles. The highest BCUT2D eigenvalue weighted by Gasteiger charge is 2.35. The lowest BCUT2D eigenvalue weighted by molar-refractivity contribution is -0.139. The molecule has 0 aromatic heterocycles. The Hall–Kier alpha value is -0.560. The van der Waals surface area contributed by atoms with Gasteiger partial charge in [-0.3, -0.25) is 14.5 Å². The molecule has 2 atom stereocenters. The smallest absolute Gasteiger partial charge is 0.240 e. The van der Waals surface area contributed by atoms with Crippen molar-refractivity contribution in [2.24, 2.45) is 11.1 Å².